The number of anilines is 1. The van der Waals surface area contributed by atoms with E-state index in [4.69, 9.17) is 5.11 Å². The van der Waals surface area contributed by atoms with Crippen LogP contribution in [0.1, 0.15) is 38.9 Å². The summed E-state index contributed by atoms with van der Waals surface area (Å²) in [7, 11) is 0. The van der Waals surface area contributed by atoms with Gasteiger partial charge in [0, 0.05) is 24.5 Å². The summed E-state index contributed by atoms with van der Waals surface area (Å²) >= 11 is 1.36. The number of nitrogens with one attached hydrogen (secondary N) is 1. The van der Waals surface area contributed by atoms with Gasteiger partial charge in [-0.3, -0.25) is 4.79 Å². The largest absolute Gasteiger partial charge is 0.481 e. The summed E-state index contributed by atoms with van der Waals surface area (Å²) in [6.07, 6.45) is 1.95. The van der Waals surface area contributed by atoms with E-state index < -0.39 is 5.97 Å². The minimum absolute atomic E-state index is 0.251. The maximum Gasteiger partial charge on any atom is 0.303 e. The number of aryl methyl sites for hydroxylation is 1. The van der Waals surface area contributed by atoms with Crippen LogP contribution in [0.15, 0.2) is 0 Å². The molecule has 1 atom stereocenters. The van der Waals surface area contributed by atoms with Crippen LogP contribution in [0.3, 0.4) is 0 Å². The number of carbonyl (C=O) groups is 1. The molecule has 102 valence electrons. The molecule has 0 aliphatic heterocycles. The van der Waals surface area contributed by atoms with Crippen LogP contribution in [-0.2, 0) is 4.79 Å². The summed E-state index contributed by atoms with van der Waals surface area (Å²) in [4.78, 5) is 14.8. The molecule has 1 heterocycles. The van der Waals surface area contributed by atoms with E-state index in [1.807, 2.05) is 6.92 Å². The highest BCUT2D eigenvalue weighted by Crippen LogP contribution is 2.21. The number of hydrogen-bond donors (Lipinski definition) is 2. The third-order valence-electron chi connectivity index (χ3n) is 2.99. The van der Waals surface area contributed by atoms with Crippen molar-refractivity contribution >= 4 is 22.6 Å². The molecule has 0 spiro atoms. The van der Waals surface area contributed by atoms with Crippen LogP contribution in [0, 0.1) is 18.8 Å². The van der Waals surface area contributed by atoms with Gasteiger partial charge in [0.1, 0.15) is 5.82 Å². The van der Waals surface area contributed by atoms with Crippen molar-refractivity contribution in [1.82, 2.24) is 9.36 Å². The second kappa shape index (κ2) is 7.31. The Morgan fingerprint density at radius 3 is 2.67 bits per heavy atom. The van der Waals surface area contributed by atoms with Crippen LogP contribution in [0.5, 0.6) is 0 Å². The molecular formula is C12H21N3O2S. The summed E-state index contributed by atoms with van der Waals surface area (Å²) in [5, 5.41) is 12.8. The van der Waals surface area contributed by atoms with Crippen molar-refractivity contribution in [2.45, 2.75) is 40.0 Å². The molecule has 0 amide bonds. The molecule has 2 N–H and O–H groups in total. The van der Waals surface area contributed by atoms with Gasteiger partial charge in [-0.1, -0.05) is 13.8 Å². The fourth-order valence-electron chi connectivity index (χ4n) is 1.85. The monoisotopic (exact) mass is 271 g/mol. The van der Waals surface area contributed by atoms with E-state index in [2.05, 4.69) is 28.5 Å². The SMILES string of the molecule is Cc1nsc(NCCC(CCC(=O)O)C(C)C)n1. The Morgan fingerprint density at radius 1 is 1.44 bits per heavy atom. The minimum Gasteiger partial charge on any atom is -0.481 e. The summed E-state index contributed by atoms with van der Waals surface area (Å²) in [6, 6.07) is 0. The van der Waals surface area contributed by atoms with Crippen molar-refractivity contribution in [3.8, 4) is 0 Å². The Labute approximate surface area is 112 Å². The molecule has 5 nitrogen and oxygen atoms in total. The van der Waals surface area contributed by atoms with E-state index in [9.17, 15) is 4.79 Å². The summed E-state index contributed by atoms with van der Waals surface area (Å²) in [6.45, 7) is 6.96. The number of hydrogen-bond acceptors (Lipinski definition) is 5. The summed E-state index contributed by atoms with van der Waals surface area (Å²) < 4.78 is 4.10. The van der Waals surface area contributed by atoms with Crippen molar-refractivity contribution in [3.05, 3.63) is 5.82 Å². The van der Waals surface area contributed by atoms with Crippen molar-refractivity contribution in [2.75, 3.05) is 11.9 Å². The Hall–Kier alpha value is -1.17. The molecule has 0 aliphatic rings. The number of carboxylic acids is 1. The normalized spacial score (nSPS) is 12.7. The molecule has 0 saturated heterocycles. The van der Waals surface area contributed by atoms with Gasteiger partial charge in [-0.25, -0.2) is 4.98 Å². The molecule has 18 heavy (non-hydrogen) atoms. The molecule has 0 saturated carbocycles. The number of nitrogens with zero attached hydrogens (tertiary/aromatic N) is 2. The number of carboxylic acid groups (broad SMARTS) is 1. The molecule has 0 aliphatic carbocycles. The zero-order valence-electron chi connectivity index (χ0n) is 11.1. The first kappa shape index (κ1) is 14.9. The lowest BCUT2D eigenvalue weighted by Crippen LogP contribution is -2.15. The molecular weight excluding hydrogens is 250 g/mol. The van der Waals surface area contributed by atoms with Crippen LogP contribution < -0.4 is 5.32 Å². The second-order valence-corrected chi connectivity index (χ2v) is 5.55. The fraction of sp³-hybridized carbons (Fsp3) is 0.750. The number of rotatable bonds is 8. The van der Waals surface area contributed by atoms with Gasteiger partial charge < -0.3 is 10.4 Å². The lowest BCUT2D eigenvalue weighted by Gasteiger charge is -2.19. The Bertz CT molecular complexity index is 379. The van der Waals surface area contributed by atoms with Crippen LogP contribution in [0.2, 0.25) is 0 Å². The van der Waals surface area contributed by atoms with Gasteiger partial charge in [-0.15, -0.1) is 0 Å². The van der Waals surface area contributed by atoms with E-state index in [0.29, 0.717) is 11.8 Å². The molecule has 1 aromatic rings. The zero-order valence-corrected chi connectivity index (χ0v) is 12.0. The van der Waals surface area contributed by atoms with Crippen LogP contribution in [-0.4, -0.2) is 27.0 Å². The van der Waals surface area contributed by atoms with Crippen molar-refractivity contribution in [3.63, 3.8) is 0 Å². The van der Waals surface area contributed by atoms with E-state index in [1.165, 1.54) is 11.5 Å². The Morgan fingerprint density at radius 2 is 2.17 bits per heavy atom. The van der Waals surface area contributed by atoms with E-state index in [1.54, 1.807) is 0 Å². The number of aromatic nitrogens is 2. The van der Waals surface area contributed by atoms with Gasteiger partial charge in [0.15, 0.2) is 0 Å². The highest BCUT2D eigenvalue weighted by atomic mass is 32.1. The highest BCUT2D eigenvalue weighted by molar-refractivity contribution is 7.09. The third kappa shape index (κ3) is 5.44. The zero-order chi connectivity index (χ0) is 13.5. The first-order valence-corrected chi connectivity index (χ1v) is 7.02. The quantitative estimate of drug-likeness (QED) is 0.760. The average Bonchev–Trinajstić information content (AvgIpc) is 2.68. The minimum atomic E-state index is -0.714. The third-order valence-corrected chi connectivity index (χ3v) is 3.75. The van der Waals surface area contributed by atoms with E-state index >= 15 is 0 Å². The molecule has 6 heteroatoms. The van der Waals surface area contributed by atoms with Gasteiger partial charge in [-0.2, -0.15) is 4.37 Å². The van der Waals surface area contributed by atoms with E-state index in [-0.39, 0.29) is 6.42 Å². The summed E-state index contributed by atoms with van der Waals surface area (Å²) in [5.74, 6) is 1.01. The molecule has 0 fully saturated rings. The molecule has 1 unspecified atom stereocenters. The van der Waals surface area contributed by atoms with Crippen molar-refractivity contribution in [2.24, 2.45) is 11.8 Å². The van der Waals surface area contributed by atoms with E-state index in [0.717, 1.165) is 30.3 Å². The maximum atomic E-state index is 10.6. The lowest BCUT2D eigenvalue weighted by atomic mass is 9.88. The lowest BCUT2D eigenvalue weighted by molar-refractivity contribution is -0.137. The van der Waals surface area contributed by atoms with Gasteiger partial charge >= 0.3 is 5.97 Å². The Kier molecular flexibility index (Phi) is 6.04. The smallest absolute Gasteiger partial charge is 0.303 e. The second-order valence-electron chi connectivity index (χ2n) is 4.80. The van der Waals surface area contributed by atoms with Gasteiger partial charge in [0.05, 0.1) is 0 Å². The highest BCUT2D eigenvalue weighted by Gasteiger charge is 2.14. The standard InChI is InChI=1S/C12H21N3O2S/c1-8(2)10(4-5-11(16)17)6-7-13-12-14-9(3)15-18-12/h8,10H,4-7H2,1-3H3,(H,16,17)(H,13,14,15). The topological polar surface area (TPSA) is 75.1 Å². The van der Waals surface area contributed by atoms with Crippen LogP contribution in [0.25, 0.3) is 0 Å². The van der Waals surface area contributed by atoms with Gasteiger partial charge in [0.2, 0.25) is 5.13 Å². The van der Waals surface area contributed by atoms with Gasteiger partial charge in [-0.05, 0) is 31.6 Å². The molecule has 0 aromatic carbocycles. The van der Waals surface area contributed by atoms with Crippen molar-refractivity contribution in [1.29, 1.82) is 0 Å². The first-order chi connectivity index (χ1) is 8.49. The van der Waals surface area contributed by atoms with Crippen LogP contribution >= 0.6 is 11.5 Å². The number of aliphatic carboxylic acids is 1. The average molecular weight is 271 g/mol. The predicted octanol–water partition coefficient (Wildman–Crippen LogP) is 2.79. The van der Waals surface area contributed by atoms with Gasteiger partial charge in [0.25, 0.3) is 0 Å². The molecule has 0 bridgehead atoms. The van der Waals surface area contributed by atoms with Crippen LogP contribution in [0.4, 0.5) is 5.13 Å². The molecule has 1 aromatic heterocycles. The fourth-order valence-corrected chi connectivity index (χ4v) is 2.45. The summed E-state index contributed by atoms with van der Waals surface area (Å²) in [5.41, 5.74) is 0. The molecule has 0 radical (unpaired) electrons. The first-order valence-electron chi connectivity index (χ1n) is 6.25. The predicted molar refractivity (Wildman–Crippen MR) is 73.0 cm³/mol. The maximum absolute atomic E-state index is 10.6. The van der Waals surface area contributed by atoms with Crippen molar-refractivity contribution < 1.29 is 9.90 Å². The Balaban J connectivity index is 2.31. The molecule has 1 rings (SSSR count).